The Labute approximate surface area is 222 Å². The number of hydrogen-bond donors (Lipinski definition) is 1. The van der Waals surface area contributed by atoms with Gasteiger partial charge in [-0.2, -0.15) is 5.10 Å². The molecule has 0 heterocycles. The Kier molecular flexibility index (Phi) is 9.34. The Morgan fingerprint density at radius 1 is 0.971 bits per heavy atom. The van der Waals surface area contributed by atoms with Crippen LogP contribution in [0.5, 0.6) is 17.2 Å². The Balaban J connectivity index is 1.56. The first-order valence-corrected chi connectivity index (χ1v) is 12.5. The van der Waals surface area contributed by atoms with E-state index in [1.807, 2.05) is 54.6 Å². The molecule has 3 aromatic carbocycles. The maximum atomic E-state index is 12.2. The molecule has 8 heteroatoms. The third-order valence-corrected chi connectivity index (χ3v) is 6.25. The molecule has 0 bridgehead atoms. The number of carbonyl (C=O) groups excluding carboxylic acids is 1. The molecule has 35 heavy (non-hydrogen) atoms. The van der Waals surface area contributed by atoms with Gasteiger partial charge in [0.2, 0.25) is 0 Å². The number of nitrogens with one attached hydrogen (secondary N) is 1. The average Bonchev–Trinajstić information content (AvgIpc) is 2.82. The Bertz CT molecular complexity index is 1190. The molecule has 0 radical (unpaired) electrons. The first kappa shape index (κ1) is 26.8. The molecular formula is C27H28Br2N2O4. The monoisotopic (exact) mass is 602 g/mol. The number of hydrazone groups is 1. The zero-order valence-corrected chi connectivity index (χ0v) is 23.3. The zero-order valence-electron chi connectivity index (χ0n) is 20.1. The van der Waals surface area contributed by atoms with E-state index in [1.54, 1.807) is 13.2 Å². The molecule has 6 nitrogen and oxygen atoms in total. The molecule has 0 unspecified atom stereocenters. The molecule has 3 rings (SSSR count). The van der Waals surface area contributed by atoms with Crippen LogP contribution in [-0.4, -0.2) is 25.8 Å². The molecule has 1 amide bonds. The maximum absolute atomic E-state index is 12.2. The van der Waals surface area contributed by atoms with Crippen LogP contribution in [0.15, 0.2) is 74.7 Å². The second-order valence-corrected chi connectivity index (χ2v) is 10.5. The van der Waals surface area contributed by atoms with Gasteiger partial charge >= 0.3 is 0 Å². The maximum Gasteiger partial charge on any atom is 0.277 e. The average molecular weight is 604 g/mol. The van der Waals surface area contributed by atoms with Crippen LogP contribution in [0.25, 0.3) is 0 Å². The quantitative estimate of drug-likeness (QED) is 0.220. The standard InChI is InChI=1S/C27H28Br2N2O4/c1-27(2,3)20-10-11-23(21(28)14-20)34-17-25(32)31-30-15-19-12-22(29)26(24(13-19)33-4)35-16-18-8-6-5-7-9-18/h5-15H,16-17H2,1-4H3,(H,31,32)/b30-15+. The number of ether oxygens (including phenoxy) is 3. The van der Waals surface area contributed by atoms with E-state index in [0.717, 1.165) is 15.6 Å². The van der Waals surface area contributed by atoms with Crippen molar-refractivity contribution >= 4 is 44.0 Å². The number of hydrogen-bond acceptors (Lipinski definition) is 5. The summed E-state index contributed by atoms with van der Waals surface area (Å²) in [5, 5.41) is 4.03. The van der Waals surface area contributed by atoms with Crippen LogP contribution in [0.3, 0.4) is 0 Å². The minimum Gasteiger partial charge on any atom is -0.493 e. The molecule has 0 aliphatic heterocycles. The second-order valence-electron chi connectivity index (χ2n) is 8.79. The molecule has 0 saturated carbocycles. The molecular weight excluding hydrogens is 576 g/mol. The Morgan fingerprint density at radius 2 is 1.71 bits per heavy atom. The van der Waals surface area contributed by atoms with Crippen LogP contribution in [0.1, 0.15) is 37.5 Å². The van der Waals surface area contributed by atoms with Crippen molar-refractivity contribution in [3.8, 4) is 17.2 Å². The van der Waals surface area contributed by atoms with Crippen LogP contribution in [0.2, 0.25) is 0 Å². The molecule has 0 aromatic heterocycles. The highest BCUT2D eigenvalue weighted by molar-refractivity contribution is 9.10. The van der Waals surface area contributed by atoms with Crippen molar-refractivity contribution in [1.82, 2.24) is 5.43 Å². The lowest BCUT2D eigenvalue weighted by Gasteiger charge is -2.20. The first-order valence-electron chi connectivity index (χ1n) is 11.0. The summed E-state index contributed by atoms with van der Waals surface area (Å²) in [5.41, 5.74) is 5.45. The van der Waals surface area contributed by atoms with Gasteiger partial charge in [-0.1, -0.05) is 57.2 Å². The number of benzene rings is 3. The van der Waals surface area contributed by atoms with Crippen molar-refractivity contribution in [2.24, 2.45) is 5.10 Å². The minimum atomic E-state index is -0.373. The van der Waals surface area contributed by atoms with Gasteiger partial charge < -0.3 is 14.2 Å². The van der Waals surface area contributed by atoms with Crippen LogP contribution in [0, 0.1) is 0 Å². The summed E-state index contributed by atoms with van der Waals surface area (Å²) < 4.78 is 18.6. The van der Waals surface area contributed by atoms with Gasteiger partial charge in [0.25, 0.3) is 5.91 Å². The summed E-state index contributed by atoms with van der Waals surface area (Å²) >= 11 is 7.04. The molecule has 0 saturated heterocycles. The van der Waals surface area contributed by atoms with E-state index in [2.05, 4.69) is 63.2 Å². The van der Waals surface area contributed by atoms with E-state index in [-0.39, 0.29) is 17.9 Å². The predicted molar refractivity (Wildman–Crippen MR) is 146 cm³/mol. The van der Waals surface area contributed by atoms with Crippen LogP contribution >= 0.6 is 31.9 Å². The van der Waals surface area contributed by atoms with Crippen LogP contribution in [0.4, 0.5) is 0 Å². The number of nitrogens with zero attached hydrogens (tertiary/aromatic N) is 1. The van der Waals surface area contributed by atoms with E-state index >= 15 is 0 Å². The summed E-state index contributed by atoms with van der Waals surface area (Å²) in [6.45, 7) is 6.67. The van der Waals surface area contributed by atoms with Gasteiger partial charge in [-0.15, -0.1) is 0 Å². The van der Waals surface area contributed by atoms with Gasteiger partial charge in [0, 0.05) is 0 Å². The normalized spacial score (nSPS) is 11.4. The Hall–Kier alpha value is -2.84. The molecule has 0 fully saturated rings. The lowest BCUT2D eigenvalue weighted by molar-refractivity contribution is -0.123. The highest BCUT2D eigenvalue weighted by atomic mass is 79.9. The number of amides is 1. The molecule has 0 atom stereocenters. The van der Waals surface area contributed by atoms with Crippen molar-refractivity contribution in [2.75, 3.05) is 13.7 Å². The summed E-state index contributed by atoms with van der Waals surface area (Å²) in [7, 11) is 1.57. The van der Waals surface area contributed by atoms with Gasteiger partial charge in [0.15, 0.2) is 18.1 Å². The molecule has 0 spiro atoms. The fourth-order valence-corrected chi connectivity index (χ4v) is 4.19. The third-order valence-electron chi connectivity index (χ3n) is 5.04. The predicted octanol–water partition coefficient (Wildman–Crippen LogP) is 6.63. The SMILES string of the molecule is COc1cc(/C=N/NC(=O)COc2ccc(C(C)(C)C)cc2Br)cc(Br)c1OCc1ccccc1. The fourth-order valence-electron chi connectivity index (χ4n) is 3.12. The summed E-state index contributed by atoms with van der Waals surface area (Å²) in [4.78, 5) is 12.2. The number of methoxy groups -OCH3 is 1. The van der Waals surface area contributed by atoms with Crippen LogP contribution in [-0.2, 0) is 16.8 Å². The summed E-state index contributed by atoms with van der Waals surface area (Å²) in [6.07, 6.45) is 1.53. The molecule has 0 aliphatic rings. The largest absolute Gasteiger partial charge is 0.493 e. The lowest BCUT2D eigenvalue weighted by Crippen LogP contribution is -2.24. The van der Waals surface area contributed by atoms with E-state index < -0.39 is 0 Å². The van der Waals surface area contributed by atoms with Crippen molar-refractivity contribution < 1.29 is 19.0 Å². The lowest BCUT2D eigenvalue weighted by atomic mass is 9.87. The van der Waals surface area contributed by atoms with Gasteiger partial charge in [-0.3, -0.25) is 4.79 Å². The summed E-state index contributed by atoms with van der Waals surface area (Å²) in [5.74, 6) is 1.36. The first-order chi connectivity index (χ1) is 16.7. The molecule has 3 aromatic rings. The van der Waals surface area contributed by atoms with E-state index in [9.17, 15) is 4.79 Å². The third kappa shape index (κ3) is 7.83. The van der Waals surface area contributed by atoms with E-state index in [1.165, 1.54) is 11.8 Å². The molecule has 184 valence electrons. The Morgan fingerprint density at radius 3 is 2.37 bits per heavy atom. The fraction of sp³-hybridized carbons (Fsp3) is 0.259. The topological polar surface area (TPSA) is 69.2 Å². The van der Waals surface area contributed by atoms with Crippen molar-refractivity contribution in [1.29, 1.82) is 0 Å². The van der Waals surface area contributed by atoms with Crippen molar-refractivity contribution in [3.05, 3.63) is 86.3 Å². The zero-order chi connectivity index (χ0) is 25.4. The number of carbonyl (C=O) groups is 1. The smallest absolute Gasteiger partial charge is 0.277 e. The number of halogens is 2. The van der Waals surface area contributed by atoms with Crippen molar-refractivity contribution in [3.63, 3.8) is 0 Å². The molecule has 1 N–H and O–H groups in total. The second kappa shape index (κ2) is 12.2. The van der Waals surface area contributed by atoms with Gasteiger partial charge in [-0.05, 0) is 78.2 Å². The summed E-state index contributed by atoms with van der Waals surface area (Å²) in [6, 6.07) is 19.3. The van der Waals surface area contributed by atoms with Gasteiger partial charge in [-0.25, -0.2) is 5.43 Å². The van der Waals surface area contributed by atoms with Crippen LogP contribution < -0.4 is 19.6 Å². The highest BCUT2D eigenvalue weighted by Gasteiger charge is 2.16. The van der Waals surface area contributed by atoms with E-state index in [4.69, 9.17) is 14.2 Å². The molecule has 0 aliphatic carbocycles. The highest BCUT2D eigenvalue weighted by Crippen LogP contribution is 2.37. The van der Waals surface area contributed by atoms with E-state index in [0.29, 0.717) is 28.3 Å². The van der Waals surface area contributed by atoms with Crippen molar-refractivity contribution in [2.45, 2.75) is 32.8 Å². The minimum absolute atomic E-state index is 0.0248. The van der Waals surface area contributed by atoms with Gasteiger partial charge in [0.05, 0.1) is 22.3 Å². The number of rotatable bonds is 9. The van der Waals surface area contributed by atoms with Gasteiger partial charge in [0.1, 0.15) is 12.4 Å².